The van der Waals surface area contributed by atoms with Crippen molar-refractivity contribution >= 4 is 21.6 Å². The summed E-state index contributed by atoms with van der Waals surface area (Å²) in [6.45, 7) is 7.68. The van der Waals surface area contributed by atoms with E-state index in [-0.39, 0.29) is 0 Å². The SMILES string of the molecule is CC(C)NCc1ccc(N(C)C2CCCCC2C)cc1Br. The predicted molar refractivity (Wildman–Crippen MR) is 95.9 cm³/mol. The minimum absolute atomic E-state index is 0.516. The molecule has 1 aromatic rings. The highest BCUT2D eigenvalue weighted by Gasteiger charge is 2.25. The fourth-order valence-corrected chi connectivity index (χ4v) is 3.78. The largest absolute Gasteiger partial charge is 0.371 e. The second-order valence-corrected chi connectivity index (χ2v) is 7.61. The maximum atomic E-state index is 3.74. The van der Waals surface area contributed by atoms with Gasteiger partial charge in [0, 0.05) is 35.8 Å². The van der Waals surface area contributed by atoms with Gasteiger partial charge in [-0.3, -0.25) is 0 Å². The summed E-state index contributed by atoms with van der Waals surface area (Å²) in [5.41, 5.74) is 2.66. The molecule has 0 radical (unpaired) electrons. The molecule has 21 heavy (non-hydrogen) atoms. The standard InChI is InChI=1S/C18H29BrN2/c1-13(2)20-12-15-9-10-16(11-17(15)19)21(4)18-8-6-5-7-14(18)3/h9-11,13-14,18,20H,5-8,12H2,1-4H3. The molecule has 0 bridgehead atoms. The molecule has 2 nitrogen and oxygen atoms in total. The number of nitrogens with one attached hydrogen (secondary N) is 1. The maximum absolute atomic E-state index is 3.74. The molecule has 2 unspecified atom stereocenters. The van der Waals surface area contributed by atoms with E-state index in [0.717, 1.165) is 12.5 Å². The first-order valence-corrected chi connectivity index (χ1v) is 9.03. The molecule has 1 aromatic carbocycles. The number of benzene rings is 1. The van der Waals surface area contributed by atoms with Gasteiger partial charge < -0.3 is 10.2 Å². The monoisotopic (exact) mass is 352 g/mol. The Balaban J connectivity index is 2.07. The lowest BCUT2D eigenvalue weighted by Crippen LogP contribution is -2.39. The van der Waals surface area contributed by atoms with Crippen molar-refractivity contribution in [1.82, 2.24) is 5.32 Å². The summed E-state index contributed by atoms with van der Waals surface area (Å²) in [5, 5.41) is 3.48. The Morgan fingerprint density at radius 1 is 1.29 bits per heavy atom. The molecule has 0 aromatic heterocycles. The predicted octanol–water partition coefficient (Wildman–Crippen LogP) is 4.96. The van der Waals surface area contributed by atoms with Crippen molar-refractivity contribution in [2.24, 2.45) is 5.92 Å². The number of halogens is 1. The number of nitrogens with zero attached hydrogens (tertiary/aromatic N) is 1. The van der Waals surface area contributed by atoms with Crippen molar-refractivity contribution in [3.63, 3.8) is 0 Å². The van der Waals surface area contributed by atoms with E-state index in [4.69, 9.17) is 0 Å². The summed E-state index contributed by atoms with van der Waals surface area (Å²) < 4.78 is 1.21. The van der Waals surface area contributed by atoms with E-state index in [9.17, 15) is 0 Å². The molecule has 1 N–H and O–H groups in total. The first-order valence-electron chi connectivity index (χ1n) is 8.23. The molecule has 0 heterocycles. The van der Waals surface area contributed by atoms with Crippen LogP contribution in [0.3, 0.4) is 0 Å². The molecule has 0 amide bonds. The molecule has 1 saturated carbocycles. The van der Waals surface area contributed by atoms with E-state index in [2.05, 4.69) is 72.2 Å². The zero-order chi connectivity index (χ0) is 15.4. The third kappa shape index (κ3) is 4.46. The molecule has 3 heteroatoms. The summed E-state index contributed by atoms with van der Waals surface area (Å²) in [7, 11) is 2.25. The van der Waals surface area contributed by atoms with Crippen LogP contribution in [-0.2, 0) is 6.54 Å². The average molecular weight is 353 g/mol. The first-order chi connectivity index (χ1) is 9.99. The number of hydrogen-bond acceptors (Lipinski definition) is 2. The van der Waals surface area contributed by atoms with Crippen molar-refractivity contribution in [2.45, 2.75) is 65.1 Å². The van der Waals surface area contributed by atoms with Gasteiger partial charge in [-0.2, -0.15) is 0 Å². The highest BCUT2D eigenvalue weighted by Crippen LogP contribution is 2.32. The minimum atomic E-state index is 0.516. The van der Waals surface area contributed by atoms with E-state index in [0.29, 0.717) is 12.1 Å². The Labute approximate surface area is 138 Å². The molecule has 0 spiro atoms. The quantitative estimate of drug-likeness (QED) is 0.805. The van der Waals surface area contributed by atoms with E-state index in [1.165, 1.54) is 41.4 Å². The smallest absolute Gasteiger partial charge is 0.0377 e. The topological polar surface area (TPSA) is 15.3 Å². The van der Waals surface area contributed by atoms with Gasteiger partial charge in [-0.05, 0) is 36.5 Å². The molecule has 2 atom stereocenters. The van der Waals surface area contributed by atoms with Gasteiger partial charge in [0.25, 0.3) is 0 Å². The minimum Gasteiger partial charge on any atom is -0.371 e. The highest BCUT2D eigenvalue weighted by molar-refractivity contribution is 9.10. The maximum Gasteiger partial charge on any atom is 0.0377 e. The molecule has 1 aliphatic rings. The molecule has 118 valence electrons. The van der Waals surface area contributed by atoms with Crippen LogP contribution in [-0.4, -0.2) is 19.1 Å². The van der Waals surface area contributed by atoms with Gasteiger partial charge >= 0.3 is 0 Å². The van der Waals surface area contributed by atoms with Gasteiger partial charge in [-0.15, -0.1) is 0 Å². The van der Waals surface area contributed by atoms with Crippen molar-refractivity contribution in [1.29, 1.82) is 0 Å². The Hall–Kier alpha value is -0.540. The van der Waals surface area contributed by atoms with Crippen molar-refractivity contribution in [3.8, 4) is 0 Å². The number of anilines is 1. The van der Waals surface area contributed by atoms with Crippen LogP contribution in [0.1, 0.15) is 52.0 Å². The molecule has 0 aliphatic heterocycles. The van der Waals surface area contributed by atoms with Crippen molar-refractivity contribution in [3.05, 3.63) is 28.2 Å². The van der Waals surface area contributed by atoms with Gasteiger partial charge in [0.1, 0.15) is 0 Å². The first kappa shape index (κ1) is 16.8. The molecular formula is C18H29BrN2. The normalized spacial score (nSPS) is 22.6. The van der Waals surface area contributed by atoms with Crippen LogP contribution >= 0.6 is 15.9 Å². The lowest BCUT2D eigenvalue weighted by atomic mass is 9.85. The number of hydrogen-bond donors (Lipinski definition) is 1. The Morgan fingerprint density at radius 2 is 2.00 bits per heavy atom. The third-order valence-corrected chi connectivity index (χ3v) is 5.45. The lowest BCUT2D eigenvalue weighted by Gasteiger charge is -2.38. The van der Waals surface area contributed by atoms with E-state index >= 15 is 0 Å². The summed E-state index contributed by atoms with van der Waals surface area (Å²) in [6.07, 6.45) is 5.46. The van der Waals surface area contributed by atoms with Gasteiger partial charge in [-0.25, -0.2) is 0 Å². The summed E-state index contributed by atoms with van der Waals surface area (Å²) in [6, 6.07) is 7.99. The molecule has 0 saturated heterocycles. The second kappa shape index (κ2) is 7.64. The fourth-order valence-electron chi connectivity index (χ4n) is 3.28. The zero-order valence-electron chi connectivity index (χ0n) is 13.8. The van der Waals surface area contributed by atoms with Crippen LogP contribution in [0.5, 0.6) is 0 Å². The van der Waals surface area contributed by atoms with Crippen LogP contribution in [0.4, 0.5) is 5.69 Å². The average Bonchev–Trinajstić information content (AvgIpc) is 2.45. The summed E-state index contributed by atoms with van der Waals surface area (Å²) in [5.74, 6) is 0.796. The number of rotatable bonds is 5. The van der Waals surface area contributed by atoms with Crippen molar-refractivity contribution < 1.29 is 0 Å². The van der Waals surface area contributed by atoms with Crippen LogP contribution in [0, 0.1) is 5.92 Å². The molecular weight excluding hydrogens is 324 g/mol. The van der Waals surface area contributed by atoms with Crippen LogP contribution < -0.4 is 10.2 Å². The molecule has 1 aliphatic carbocycles. The molecule has 2 rings (SSSR count). The fraction of sp³-hybridized carbons (Fsp3) is 0.667. The van der Waals surface area contributed by atoms with Gasteiger partial charge in [-0.1, -0.05) is 55.6 Å². The van der Waals surface area contributed by atoms with E-state index in [1.54, 1.807) is 0 Å². The lowest BCUT2D eigenvalue weighted by molar-refractivity contribution is 0.321. The van der Waals surface area contributed by atoms with Gasteiger partial charge in [0.05, 0.1) is 0 Å². The summed E-state index contributed by atoms with van der Waals surface area (Å²) >= 11 is 3.74. The summed E-state index contributed by atoms with van der Waals surface area (Å²) in [4.78, 5) is 2.48. The van der Waals surface area contributed by atoms with E-state index < -0.39 is 0 Å². The second-order valence-electron chi connectivity index (χ2n) is 6.75. The third-order valence-electron chi connectivity index (χ3n) is 4.71. The van der Waals surface area contributed by atoms with Crippen LogP contribution in [0.15, 0.2) is 22.7 Å². The Kier molecular flexibility index (Phi) is 6.12. The van der Waals surface area contributed by atoms with Crippen molar-refractivity contribution in [2.75, 3.05) is 11.9 Å². The van der Waals surface area contributed by atoms with Crippen LogP contribution in [0.2, 0.25) is 0 Å². The zero-order valence-corrected chi connectivity index (χ0v) is 15.4. The molecule has 1 fully saturated rings. The van der Waals surface area contributed by atoms with Gasteiger partial charge in [0.15, 0.2) is 0 Å². The highest BCUT2D eigenvalue weighted by atomic mass is 79.9. The van der Waals surface area contributed by atoms with Gasteiger partial charge in [0.2, 0.25) is 0 Å². The Morgan fingerprint density at radius 3 is 2.62 bits per heavy atom. The van der Waals surface area contributed by atoms with Crippen LogP contribution in [0.25, 0.3) is 0 Å². The Bertz CT molecular complexity index is 459. The van der Waals surface area contributed by atoms with E-state index in [1.807, 2.05) is 0 Å².